The van der Waals surface area contributed by atoms with Crippen molar-refractivity contribution in [2.75, 3.05) is 25.0 Å². The molecule has 0 atom stereocenters. The number of hydrogen-bond acceptors (Lipinski definition) is 3. The minimum Gasteiger partial charge on any atom is -0.478 e. The van der Waals surface area contributed by atoms with Gasteiger partial charge < -0.3 is 20.4 Å². The van der Waals surface area contributed by atoms with Gasteiger partial charge in [0.1, 0.15) is 0 Å². The summed E-state index contributed by atoms with van der Waals surface area (Å²) in [6.07, 6.45) is 1.53. The van der Waals surface area contributed by atoms with Crippen molar-refractivity contribution in [1.29, 1.82) is 0 Å². The minimum absolute atomic E-state index is 0.0587. The van der Waals surface area contributed by atoms with Gasteiger partial charge >= 0.3 is 12.0 Å². The second kappa shape index (κ2) is 7.30. The number of urea groups is 1. The van der Waals surface area contributed by atoms with Crippen LogP contribution in [0.4, 0.5) is 10.5 Å². The van der Waals surface area contributed by atoms with E-state index in [1.807, 2.05) is 0 Å². The molecule has 1 aromatic carbocycles. The van der Waals surface area contributed by atoms with Crippen LogP contribution in [-0.4, -0.2) is 46.8 Å². The molecule has 0 bridgehead atoms. The number of carboxylic acid groups (broad SMARTS) is 1. The van der Waals surface area contributed by atoms with Crippen molar-refractivity contribution in [2.45, 2.75) is 6.92 Å². The second-order valence-corrected chi connectivity index (χ2v) is 4.19. The highest BCUT2D eigenvalue weighted by molar-refractivity contribution is 6.01. The molecular formula is C14H18N2O4. The van der Waals surface area contributed by atoms with Crippen molar-refractivity contribution in [3.8, 4) is 0 Å². The molecule has 0 aliphatic heterocycles. The first kappa shape index (κ1) is 15.7. The molecule has 6 nitrogen and oxygen atoms in total. The molecule has 0 aromatic heterocycles. The van der Waals surface area contributed by atoms with Gasteiger partial charge in [0, 0.05) is 13.1 Å². The Hall–Kier alpha value is -2.34. The number of hydrogen-bond donors (Lipinski definition) is 3. The molecule has 6 heteroatoms. The van der Waals surface area contributed by atoms with E-state index in [0.717, 1.165) is 0 Å². The number of aryl methyl sites for hydroxylation is 1. The summed E-state index contributed by atoms with van der Waals surface area (Å²) in [4.78, 5) is 24.6. The van der Waals surface area contributed by atoms with E-state index in [0.29, 0.717) is 5.56 Å². The predicted octanol–water partition coefficient (Wildman–Crippen LogP) is 1.71. The molecule has 0 fully saturated rings. The van der Waals surface area contributed by atoms with Crippen LogP contribution in [0.5, 0.6) is 0 Å². The van der Waals surface area contributed by atoms with E-state index in [1.54, 1.807) is 19.1 Å². The number of aliphatic hydroxyl groups excluding tert-OH is 1. The lowest BCUT2D eigenvalue weighted by Crippen LogP contribution is -2.37. The monoisotopic (exact) mass is 278 g/mol. The maximum atomic E-state index is 12.0. The Labute approximate surface area is 117 Å². The number of nitrogens with zero attached hydrogens (tertiary/aromatic N) is 1. The summed E-state index contributed by atoms with van der Waals surface area (Å²) in [6, 6.07) is 4.38. The third-order valence-corrected chi connectivity index (χ3v) is 2.73. The second-order valence-electron chi connectivity index (χ2n) is 4.19. The molecule has 0 saturated heterocycles. The zero-order chi connectivity index (χ0) is 15.1. The minimum atomic E-state index is -1.10. The highest BCUT2D eigenvalue weighted by Gasteiger charge is 2.17. The van der Waals surface area contributed by atoms with Gasteiger partial charge in [-0.15, -0.1) is 6.58 Å². The van der Waals surface area contributed by atoms with Gasteiger partial charge in [-0.1, -0.05) is 18.2 Å². The van der Waals surface area contributed by atoms with Gasteiger partial charge in [-0.2, -0.15) is 0 Å². The van der Waals surface area contributed by atoms with E-state index in [4.69, 9.17) is 5.11 Å². The SMILES string of the molecule is C=CCN(CCO)C(=O)Nc1cccc(C)c1C(=O)O. The Kier molecular flexibility index (Phi) is 5.74. The van der Waals surface area contributed by atoms with E-state index in [9.17, 15) is 14.7 Å². The van der Waals surface area contributed by atoms with Gasteiger partial charge in [0.15, 0.2) is 0 Å². The van der Waals surface area contributed by atoms with E-state index in [1.165, 1.54) is 17.0 Å². The first-order chi connectivity index (χ1) is 9.51. The zero-order valence-electron chi connectivity index (χ0n) is 11.3. The van der Waals surface area contributed by atoms with Crippen LogP contribution in [0.25, 0.3) is 0 Å². The van der Waals surface area contributed by atoms with Gasteiger partial charge in [-0.05, 0) is 18.6 Å². The van der Waals surface area contributed by atoms with E-state index in [2.05, 4.69) is 11.9 Å². The number of carbonyl (C=O) groups is 2. The summed E-state index contributed by atoms with van der Waals surface area (Å²) < 4.78 is 0. The third-order valence-electron chi connectivity index (χ3n) is 2.73. The number of benzene rings is 1. The van der Waals surface area contributed by atoms with E-state index < -0.39 is 12.0 Å². The summed E-state index contributed by atoms with van der Waals surface area (Å²) in [7, 11) is 0. The highest BCUT2D eigenvalue weighted by atomic mass is 16.4. The molecule has 0 heterocycles. The predicted molar refractivity (Wildman–Crippen MR) is 76.0 cm³/mol. The number of carboxylic acids is 1. The quantitative estimate of drug-likeness (QED) is 0.691. The van der Waals surface area contributed by atoms with Crippen LogP contribution in [0.3, 0.4) is 0 Å². The van der Waals surface area contributed by atoms with Crippen LogP contribution >= 0.6 is 0 Å². The number of carbonyl (C=O) groups excluding carboxylic acids is 1. The average Bonchev–Trinajstić information content (AvgIpc) is 2.38. The Balaban J connectivity index is 2.97. The molecule has 0 saturated carbocycles. The van der Waals surface area contributed by atoms with E-state index in [-0.39, 0.29) is 30.9 Å². The normalized spacial score (nSPS) is 9.90. The lowest BCUT2D eigenvalue weighted by atomic mass is 10.1. The van der Waals surface area contributed by atoms with Crippen LogP contribution in [0, 0.1) is 6.92 Å². The third kappa shape index (κ3) is 3.83. The number of aromatic carboxylic acids is 1. The van der Waals surface area contributed by atoms with E-state index >= 15 is 0 Å². The van der Waals surface area contributed by atoms with Crippen molar-refractivity contribution in [1.82, 2.24) is 4.90 Å². The summed E-state index contributed by atoms with van der Waals surface area (Å²) >= 11 is 0. The van der Waals surface area contributed by atoms with Crippen molar-refractivity contribution in [3.05, 3.63) is 42.0 Å². The summed E-state index contributed by atoms with van der Waals surface area (Å²) in [5.41, 5.74) is 0.852. The Bertz CT molecular complexity index is 514. The van der Waals surface area contributed by atoms with Gasteiger partial charge in [-0.25, -0.2) is 9.59 Å². The van der Waals surface area contributed by atoms with Crippen molar-refractivity contribution in [3.63, 3.8) is 0 Å². The Morgan fingerprint density at radius 3 is 2.70 bits per heavy atom. The summed E-state index contributed by atoms with van der Waals surface area (Å²) in [6.45, 7) is 5.43. The maximum absolute atomic E-state index is 12.0. The number of nitrogens with one attached hydrogen (secondary N) is 1. The van der Waals surface area contributed by atoms with Crippen LogP contribution in [0.1, 0.15) is 15.9 Å². The Morgan fingerprint density at radius 1 is 1.45 bits per heavy atom. The van der Waals surface area contributed by atoms with Crippen LogP contribution in [0.2, 0.25) is 0 Å². The number of amides is 2. The molecule has 108 valence electrons. The van der Waals surface area contributed by atoms with Crippen molar-refractivity contribution >= 4 is 17.7 Å². The molecule has 1 rings (SSSR count). The fraction of sp³-hybridized carbons (Fsp3) is 0.286. The molecule has 0 unspecified atom stereocenters. The standard InChI is InChI=1S/C14H18N2O4/c1-3-7-16(8-9-17)14(20)15-11-6-4-5-10(2)12(11)13(18)19/h3-6,17H,1,7-9H2,2H3,(H,15,20)(H,18,19). The van der Waals surface area contributed by atoms with Gasteiger partial charge in [0.2, 0.25) is 0 Å². The fourth-order valence-corrected chi connectivity index (χ4v) is 1.80. The maximum Gasteiger partial charge on any atom is 0.338 e. The lowest BCUT2D eigenvalue weighted by Gasteiger charge is -2.21. The molecule has 0 spiro atoms. The molecule has 1 aromatic rings. The largest absolute Gasteiger partial charge is 0.478 e. The highest BCUT2D eigenvalue weighted by Crippen LogP contribution is 2.20. The number of aliphatic hydroxyl groups is 1. The summed E-state index contributed by atoms with van der Waals surface area (Å²) in [5, 5.41) is 20.6. The molecule has 0 radical (unpaired) electrons. The molecular weight excluding hydrogens is 260 g/mol. The Morgan fingerprint density at radius 2 is 2.15 bits per heavy atom. The zero-order valence-corrected chi connectivity index (χ0v) is 11.3. The smallest absolute Gasteiger partial charge is 0.338 e. The van der Waals surface area contributed by atoms with Gasteiger partial charge in [0.05, 0.1) is 17.9 Å². The van der Waals surface area contributed by atoms with Crippen LogP contribution in [-0.2, 0) is 0 Å². The van der Waals surface area contributed by atoms with Crippen molar-refractivity contribution < 1.29 is 19.8 Å². The molecule has 3 N–H and O–H groups in total. The van der Waals surface area contributed by atoms with Crippen LogP contribution in [0.15, 0.2) is 30.9 Å². The topological polar surface area (TPSA) is 89.9 Å². The van der Waals surface area contributed by atoms with Crippen LogP contribution < -0.4 is 5.32 Å². The first-order valence-corrected chi connectivity index (χ1v) is 6.11. The van der Waals surface area contributed by atoms with Gasteiger partial charge in [0.25, 0.3) is 0 Å². The molecule has 0 aliphatic rings. The van der Waals surface area contributed by atoms with Gasteiger partial charge in [-0.3, -0.25) is 0 Å². The average molecular weight is 278 g/mol. The van der Waals surface area contributed by atoms with Crippen molar-refractivity contribution in [2.24, 2.45) is 0 Å². The molecule has 20 heavy (non-hydrogen) atoms. The fourth-order valence-electron chi connectivity index (χ4n) is 1.80. The summed E-state index contributed by atoms with van der Waals surface area (Å²) in [5.74, 6) is -1.10. The lowest BCUT2D eigenvalue weighted by molar-refractivity contribution is 0.0697. The number of anilines is 1. The number of rotatable bonds is 6. The molecule has 0 aliphatic carbocycles. The molecule has 2 amide bonds. The first-order valence-electron chi connectivity index (χ1n) is 6.11.